The predicted molar refractivity (Wildman–Crippen MR) is 46.5 cm³/mol. The normalized spacial score (nSPS) is 29.5. The fourth-order valence-electron chi connectivity index (χ4n) is 1.81. The van der Waals surface area contributed by atoms with Gasteiger partial charge in [-0.1, -0.05) is 0 Å². The van der Waals surface area contributed by atoms with Gasteiger partial charge in [0.1, 0.15) is 0 Å². The van der Waals surface area contributed by atoms with Gasteiger partial charge in [0.25, 0.3) is 0 Å². The molecule has 0 bridgehead atoms. The van der Waals surface area contributed by atoms with Crippen LogP contribution in [0.3, 0.4) is 0 Å². The van der Waals surface area contributed by atoms with E-state index in [1.54, 1.807) is 0 Å². The summed E-state index contributed by atoms with van der Waals surface area (Å²) in [5.41, 5.74) is 0. The van der Waals surface area contributed by atoms with Crippen molar-refractivity contribution in [1.82, 2.24) is 5.32 Å². The van der Waals surface area contributed by atoms with Gasteiger partial charge in [0.15, 0.2) is 0 Å². The molecule has 0 aromatic carbocycles. The second-order valence-electron chi connectivity index (χ2n) is 3.63. The second-order valence-corrected chi connectivity index (χ2v) is 3.63. The first-order valence-corrected chi connectivity index (χ1v) is 4.68. The van der Waals surface area contributed by atoms with Crippen molar-refractivity contribution < 1.29 is 5.11 Å². The van der Waals surface area contributed by atoms with Crippen LogP contribution >= 0.6 is 0 Å². The maximum Gasteiger partial charge on any atom is 0.0514 e. The van der Waals surface area contributed by atoms with E-state index < -0.39 is 0 Å². The number of aliphatic hydroxyl groups excluding tert-OH is 1. The van der Waals surface area contributed by atoms with Gasteiger partial charge in [-0.25, -0.2) is 0 Å². The van der Waals surface area contributed by atoms with Crippen LogP contribution in [-0.4, -0.2) is 24.3 Å². The van der Waals surface area contributed by atoms with Crippen molar-refractivity contribution in [3.63, 3.8) is 0 Å². The van der Waals surface area contributed by atoms with E-state index in [4.69, 9.17) is 0 Å². The zero-order valence-electron chi connectivity index (χ0n) is 7.34. The van der Waals surface area contributed by atoms with E-state index in [2.05, 4.69) is 5.32 Å². The topological polar surface area (TPSA) is 32.3 Å². The summed E-state index contributed by atoms with van der Waals surface area (Å²) in [6.07, 6.45) is 4.68. The Bertz CT molecular complexity index is 95.7. The molecule has 0 spiro atoms. The summed E-state index contributed by atoms with van der Waals surface area (Å²) in [6.45, 7) is 4.19. The molecule has 0 aromatic rings. The van der Waals surface area contributed by atoms with E-state index in [-0.39, 0.29) is 6.10 Å². The van der Waals surface area contributed by atoms with Gasteiger partial charge in [-0.2, -0.15) is 0 Å². The summed E-state index contributed by atoms with van der Waals surface area (Å²) >= 11 is 0. The first-order chi connectivity index (χ1) is 5.29. The van der Waals surface area contributed by atoms with E-state index in [0.29, 0.717) is 0 Å². The van der Waals surface area contributed by atoms with Crippen molar-refractivity contribution in [2.45, 2.75) is 38.7 Å². The number of hydrogen-bond acceptors (Lipinski definition) is 2. The van der Waals surface area contributed by atoms with Crippen molar-refractivity contribution in [3.8, 4) is 0 Å². The van der Waals surface area contributed by atoms with Crippen LogP contribution in [0.15, 0.2) is 0 Å². The Morgan fingerprint density at radius 2 is 2.27 bits per heavy atom. The van der Waals surface area contributed by atoms with Crippen molar-refractivity contribution in [2.75, 3.05) is 13.1 Å². The smallest absolute Gasteiger partial charge is 0.0514 e. The Balaban J connectivity index is 2.20. The minimum Gasteiger partial charge on any atom is -0.393 e. The zero-order chi connectivity index (χ0) is 8.10. The fourth-order valence-corrected chi connectivity index (χ4v) is 1.81. The summed E-state index contributed by atoms with van der Waals surface area (Å²) < 4.78 is 0. The van der Waals surface area contributed by atoms with E-state index >= 15 is 0 Å². The van der Waals surface area contributed by atoms with Crippen LogP contribution in [0.2, 0.25) is 0 Å². The van der Waals surface area contributed by atoms with E-state index in [0.717, 1.165) is 25.4 Å². The van der Waals surface area contributed by atoms with Crippen LogP contribution in [0.1, 0.15) is 32.6 Å². The molecule has 1 aliphatic rings. The average molecular weight is 157 g/mol. The first-order valence-electron chi connectivity index (χ1n) is 4.68. The highest BCUT2D eigenvalue weighted by Crippen LogP contribution is 2.18. The number of aliphatic hydroxyl groups is 1. The molecular weight excluding hydrogens is 138 g/mol. The average Bonchev–Trinajstić information content (AvgIpc) is 2.14. The van der Waals surface area contributed by atoms with Gasteiger partial charge in [0.05, 0.1) is 6.10 Å². The number of hydrogen-bond donors (Lipinski definition) is 2. The quantitative estimate of drug-likeness (QED) is 0.630. The third-order valence-electron chi connectivity index (χ3n) is 2.37. The molecule has 0 aliphatic carbocycles. The molecule has 2 nitrogen and oxygen atoms in total. The molecule has 1 rings (SSSR count). The number of nitrogens with one attached hydrogen (secondary N) is 1. The molecule has 11 heavy (non-hydrogen) atoms. The lowest BCUT2D eigenvalue weighted by Gasteiger charge is -2.14. The molecule has 1 aliphatic heterocycles. The second kappa shape index (κ2) is 4.73. The van der Waals surface area contributed by atoms with Crippen LogP contribution in [0.5, 0.6) is 0 Å². The molecule has 2 atom stereocenters. The molecule has 2 unspecified atom stereocenters. The Morgan fingerprint density at radius 3 is 3.00 bits per heavy atom. The lowest BCUT2D eigenvalue weighted by molar-refractivity contribution is 0.156. The molecule has 0 aromatic heterocycles. The minimum atomic E-state index is -0.113. The van der Waals surface area contributed by atoms with Crippen LogP contribution in [-0.2, 0) is 0 Å². The lowest BCUT2D eigenvalue weighted by Crippen LogP contribution is -2.15. The standard InChI is InChI=1S/C9H19NO/c1-8(11)7-9-3-2-5-10-6-4-9/h8-11H,2-7H2,1H3. The summed E-state index contributed by atoms with van der Waals surface area (Å²) in [4.78, 5) is 0. The monoisotopic (exact) mass is 157 g/mol. The molecule has 2 N–H and O–H groups in total. The highest BCUT2D eigenvalue weighted by atomic mass is 16.3. The van der Waals surface area contributed by atoms with Crippen LogP contribution in [0.25, 0.3) is 0 Å². The third-order valence-corrected chi connectivity index (χ3v) is 2.37. The van der Waals surface area contributed by atoms with Crippen molar-refractivity contribution in [1.29, 1.82) is 0 Å². The highest BCUT2D eigenvalue weighted by molar-refractivity contribution is 4.68. The van der Waals surface area contributed by atoms with E-state index in [1.807, 2.05) is 6.92 Å². The van der Waals surface area contributed by atoms with E-state index in [1.165, 1.54) is 19.3 Å². The molecule has 0 radical (unpaired) electrons. The zero-order valence-corrected chi connectivity index (χ0v) is 7.34. The van der Waals surface area contributed by atoms with Gasteiger partial charge in [-0.3, -0.25) is 0 Å². The molecule has 1 fully saturated rings. The van der Waals surface area contributed by atoms with Gasteiger partial charge in [-0.05, 0) is 51.6 Å². The maximum atomic E-state index is 9.18. The van der Waals surface area contributed by atoms with Gasteiger partial charge in [-0.15, -0.1) is 0 Å². The summed E-state index contributed by atoms with van der Waals surface area (Å²) in [5.74, 6) is 0.755. The lowest BCUT2D eigenvalue weighted by atomic mass is 9.95. The summed E-state index contributed by atoms with van der Waals surface area (Å²) in [6, 6.07) is 0. The molecule has 1 heterocycles. The minimum absolute atomic E-state index is 0.113. The van der Waals surface area contributed by atoms with Gasteiger partial charge < -0.3 is 10.4 Å². The van der Waals surface area contributed by atoms with Crippen LogP contribution in [0.4, 0.5) is 0 Å². The SMILES string of the molecule is CC(O)CC1CCCNCC1. The third kappa shape index (κ3) is 3.73. The Hall–Kier alpha value is -0.0800. The molecule has 0 amide bonds. The summed E-state index contributed by atoms with van der Waals surface area (Å²) in [7, 11) is 0. The predicted octanol–water partition coefficient (Wildman–Crippen LogP) is 1.15. The summed E-state index contributed by atoms with van der Waals surface area (Å²) in [5, 5.41) is 12.5. The Morgan fingerprint density at radius 1 is 1.45 bits per heavy atom. The molecule has 1 saturated heterocycles. The highest BCUT2D eigenvalue weighted by Gasteiger charge is 2.13. The number of rotatable bonds is 2. The van der Waals surface area contributed by atoms with Crippen LogP contribution in [0, 0.1) is 5.92 Å². The molecule has 0 saturated carbocycles. The maximum absolute atomic E-state index is 9.18. The fraction of sp³-hybridized carbons (Fsp3) is 1.00. The molecule has 2 heteroatoms. The largest absolute Gasteiger partial charge is 0.393 e. The molecular formula is C9H19NO. The first kappa shape index (κ1) is 9.01. The van der Waals surface area contributed by atoms with Crippen molar-refractivity contribution >= 4 is 0 Å². The van der Waals surface area contributed by atoms with Crippen molar-refractivity contribution in [2.24, 2.45) is 5.92 Å². The Labute approximate surface area is 69.0 Å². The molecule has 66 valence electrons. The van der Waals surface area contributed by atoms with Gasteiger partial charge >= 0.3 is 0 Å². The van der Waals surface area contributed by atoms with Gasteiger partial charge in [0, 0.05) is 0 Å². The van der Waals surface area contributed by atoms with Gasteiger partial charge in [0.2, 0.25) is 0 Å². The Kier molecular flexibility index (Phi) is 3.87. The van der Waals surface area contributed by atoms with Crippen LogP contribution < -0.4 is 5.32 Å². The van der Waals surface area contributed by atoms with Crippen molar-refractivity contribution in [3.05, 3.63) is 0 Å². The van der Waals surface area contributed by atoms with E-state index in [9.17, 15) is 5.11 Å².